The van der Waals surface area contributed by atoms with E-state index >= 15 is 0 Å². The van der Waals surface area contributed by atoms with Gasteiger partial charge in [0.25, 0.3) is 0 Å². The first-order valence-corrected chi connectivity index (χ1v) is 7.48. The third kappa shape index (κ3) is 3.88. The summed E-state index contributed by atoms with van der Waals surface area (Å²) < 4.78 is 5.41. The predicted molar refractivity (Wildman–Crippen MR) is 84.8 cm³/mol. The summed E-state index contributed by atoms with van der Waals surface area (Å²) >= 11 is 0. The van der Waals surface area contributed by atoms with Gasteiger partial charge >= 0.3 is 0 Å². The molecule has 1 aliphatic heterocycles. The molecule has 0 bridgehead atoms. The van der Waals surface area contributed by atoms with E-state index in [1.807, 2.05) is 32.2 Å². The lowest BCUT2D eigenvalue weighted by atomic mass is 10.1. The van der Waals surface area contributed by atoms with E-state index in [2.05, 4.69) is 21.6 Å². The maximum Gasteiger partial charge on any atom is 0.224 e. The molecule has 116 valence electrons. The number of carbonyl (C=O) groups excluding carboxylic acids is 1. The number of hydrogen-bond donors (Lipinski definition) is 2. The Morgan fingerprint density at radius 1 is 1.48 bits per heavy atom. The van der Waals surface area contributed by atoms with Crippen LogP contribution in [0, 0.1) is 5.92 Å². The van der Waals surface area contributed by atoms with Gasteiger partial charge in [-0.3, -0.25) is 4.79 Å². The van der Waals surface area contributed by atoms with E-state index in [9.17, 15) is 4.79 Å². The van der Waals surface area contributed by atoms with Crippen molar-refractivity contribution in [3.05, 3.63) is 24.3 Å². The van der Waals surface area contributed by atoms with Gasteiger partial charge in [0.05, 0.1) is 12.8 Å². The highest BCUT2D eigenvalue weighted by atomic mass is 16.5. The first-order valence-electron chi connectivity index (χ1n) is 7.48. The molecule has 1 amide bonds. The van der Waals surface area contributed by atoms with Gasteiger partial charge in [-0.15, -0.1) is 0 Å². The minimum atomic E-state index is -0.00434. The third-order valence-corrected chi connectivity index (χ3v) is 3.92. The maximum absolute atomic E-state index is 12.1. The van der Waals surface area contributed by atoms with E-state index in [0.717, 1.165) is 30.9 Å². The fourth-order valence-corrected chi connectivity index (χ4v) is 2.73. The van der Waals surface area contributed by atoms with Crippen molar-refractivity contribution in [3.8, 4) is 5.75 Å². The quantitative estimate of drug-likeness (QED) is 0.828. The number of para-hydroxylation sites is 2. The molecular formula is C16H25N3O2. The lowest BCUT2D eigenvalue weighted by Crippen LogP contribution is -2.42. The molecule has 0 spiro atoms. The van der Waals surface area contributed by atoms with Gasteiger partial charge in [0.2, 0.25) is 5.91 Å². The Morgan fingerprint density at radius 2 is 2.24 bits per heavy atom. The van der Waals surface area contributed by atoms with E-state index in [4.69, 9.17) is 4.74 Å². The summed E-state index contributed by atoms with van der Waals surface area (Å²) in [6.07, 6.45) is 0.968. The van der Waals surface area contributed by atoms with Gasteiger partial charge < -0.3 is 20.3 Å². The highest BCUT2D eigenvalue weighted by molar-refractivity contribution is 5.79. The van der Waals surface area contributed by atoms with Gasteiger partial charge in [0.1, 0.15) is 5.75 Å². The number of hydrogen-bond acceptors (Lipinski definition) is 4. The van der Waals surface area contributed by atoms with Crippen LogP contribution in [0.2, 0.25) is 0 Å². The summed E-state index contributed by atoms with van der Waals surface area (Å²) in [4.78, 5) is 14.3. The zero-order valence-corrected chi connectivity index (χ0v) is 13.1. The Labute approximate surface area is 126 Å². The molecule has 1 fully saturated rings. The SMILES string of the molecule is CNCC(C)C(=O)NC1CCN(c2ccccc2OC)C1. The molecule has 1 aromatic carbocycles. The topological polar surface area (TPSA) is 53.6 Å². The van der Waals surface area contributed by atoms with Crippen molar-refractivity contribution in [3.63, 3.8) is 0 Å². The van der Waals surface area contributed by atoms with Crippen LogP contribution in [-0.4, -0.2) is 45.7 Å². The zero-order chi connectivity index (χ0) is 15.2. The van der Waals surface area contributed by atoms with Crippen LogP contribution in [0.15, 0.2) is 24.3 Å². The summed E-state index contributed by atoms with van der Waals surface area (Å²) in [5.41, 5.74) is 1.10. The molecule has 0 radical (unpaired) electrons. The second-order valence-electron chi connectivity index (χ2n) is 5.57. The Morgan fingerprint density at radius 3 is 2.95 bits per heavy atom. The maximum atomic E-state index is 12.1. The summed E-state index contributed by atoms with van der Waals surface area (Å²) in [6.45, 7) is 4.41. The van der Waals surface area contributed by atoms with Crippen LogP contribution in [0.25, 0.3) is 0 Å². The Hall–Kier alpha value is -1.75. The van der Waals surface area contributed by atoms with Gasteiger partial charge in [-0.1, -0.05) is 19.1 Å². The predicted octanol–water partition coefficient (Wildman–Crippen LogP) is 1.25. The normalized spacial score (nSPS) is 19.4. The largest absolute Gasteiger partial charge is 0.495 e. The molecule has 2 atom stereocenters. The minimum Gasteiger partial charge on any atom is -0.495 e. The summed E-state index contributed by atoms with van der Waals surface area (Å²) in [6, 6.07) is 8.22. The molecule has 5 nitrogen and oxygen atoms in total. The number of benzene rings is 1. The number of carbonyl (C=O) groups is 1. The first-order chi connectivity index (χ1) is 10.2. The lowest BCUT2D eigenvalue weighted by molar-refractivity contribution is -0.124. The van der Waals surface area contributed by atoms with Gasteiger partial charge in [-0.2, -0.15) is 0 Å². The second kappa shape index (κ2) is 7.31. The second-order valence-corrected chi connectivity index (χ2v) is 5.57. The van der Waals surface area contributed by atoms with E-state index < -0.39 is 0 Å². The van der Waals surface area contributed by atoms with E-state index in [-0.39, 0.29) is 17.9 Å². The van der Waals surface area contributed by atoms with Crippen molar-refractivity contribution in [1.82, 2.24) is 10.6 Å². The average molecular weight is 291 g/mol. The molecule has 1 aromatic rings. The van der Waals surface area contributed by atoms with Crippen LogP contribution < -0.4 is 20.3 Å². The van der Waals surface area contributed by atoms with E-state index in [1.54, 1.807) is 7.11 Å². The molecule has 2 N–H and O–H groups in total. The minimum absolute atomic E-state index is 0.00434. The highest BCUT2D eigenvalue weighted by Crippen LogP contribution is 2.30. The van der Waals surface area contributed by atoms with Gasteiger partial charge in [0, 0.05) is 31.6 Å². The van der Waals surface area contributed by atoms with E-state index in [0.29, 0.717) is 6.54 Å². The van der Waals surface area contributed by atoms with Crippen molar-refractivity contribution in [2.24, 2.45) is 5.92 Å². The molecular weight excluding hydrogens is 266 g/mol. The van der Waals surface area contributed by atoms with Gasteiger partial charge in [-0.25, -0.2) is 0 Å². The molecule has 0 aliphatic carbocycles. The fraction of sp³-hybridized carbons (Fsp3) is 0.562. The third-order valence-electron chi connectivity index (χ3n) is 3.92. The average Bonchev–Trinajstić information content (AvgIpc) is 2.95. The molecule has 1 aliphatic rings. The van der Waals surface area contributed by atoms with Crippen LogP contribution in [-0.2, 0) is 4.79 Å². The smallest absolute Gasteiger partial charge is 0.224 e. The van der Waals surface area contributed by atoms with Crippen molar-refractivity contribution in [2.75, 3.05) is 38.7 Å². The van der Waals surface area contributed by atoms with E-state index in [1.165, 1.54) is 0 Å². The number of methoxy groups -OCH3 is 1. The van der Waals surface area contributed by atoms with Crippen LogP contribution in [0.1, 0.15) is 13.3 Å². The standard InChI is InChI=1S/C16H25N3O2/c1-12(10-17-2)16(20)18-13-8-9-19(11-13)14-6-4-5-7-15(14)21-3/h4-7,12-13,17H,8-11H2,1-3H3,(H,18,20). The van der Waals surface area contributed by atoms with Crippen molar-refractivity contribution >= 4 is 11.6 Å². The summed E-state index contributed by atoms with van der Waals surface area (Å²) in [5.74, 6) is 1.000. The van der Waals surface area contributed by atoms with Gasteiger partial charge in [-0.05, 0) is 25.6 Å². The molecule has 0 aromatic heterocycles. The molecule has 1 heterocycles. The number of ether oxygens (including phenoxy) is 1. The molecule has 2 unspecified atom stereocenters. The number of rotatable bonds is 6. The molecule has 1 saturated heterocycles. The Balaban J connectivity index is 1.93. The number of amides is 1. The van der Waals surface area contributed by atoms with Crippen molar-refractivity contribution in [2.45, 2.75) is 19.4 Å². The first kappa shape index (κ1) is 15.6. The zero-order valence-electron chi connectivity index (χ0n) is 13.1. The molecule has 5 heteroatoms. The number of nitrogens with one attached hydrogen (secondary N) is 2. The van der Waals surface area contributed by atoms with Crippen LogP contribution >= 0.6 is 0 Å². The molecule has 2 rings (SSSR count). The number of nitrogens with zero attached hydrogens (tertiary/aromatic N) is 1. The van der Waals surface area contributed by atoms with Gasteiger partial charge in [0.15, 0.2) is 0 Å². The van der Waals surface area contributed by atoms with Crippen LogP contribution in [0.4, 0.5) is 5.69 Å². The van der Waals surface area contributed by atoms with Crippen LogP contribution in [0.3, 0.4) is 0 Å². The highest BCUT2D eigenvalue weighted by Gasteiger charge is 2.26. The summed E-state index contributed by atoms with van der Waals surface area (Å²) in [5, 5.41) is 6.17. The molecule has 21 heavy (non-hydrogen) atoms. The van der Waals surface area contributed by atoms with Crippen molar-refractivity contribution in [1.29, 1.82) is 0 Å². The Bertz CT molecular complexity index is 478. The summed E-state index contributed by atoms with van der Waals surface area (Å²) in [7, 11) is 3.55. The van der Waals surface area contributed by atoms with Crippen LogP contribution in [0.5, 0.6) is 5.75 Å². The van der Waals surface area contributed by atoms with Crippen molar-refractivity contribution < 1.29 is 9.53 Å². The fourth-order valence-electron chi connectivity index (χ4n) is 2.73. The molecule has 0 saturated carbocycles. The Kier molecular flexibility index (Phi) is 5.44. The number of anilines is 1. The lowest BCUT2D eigenvalue weighted by Gasteiger charge is -2.22. The monoisotopic (exact) mass is 291 g/mol.